The molecule has 1 aliphatic carbocycles. The van der Waals surface area contributed by atoms with Crippen molar-refractivity contribution >= 4 is 67.4 Å². The van der Waals surface area contributed by atoms with E-state index in [0.29, 0.717) is 11.2 Å². The van der Waals surface area contributed by atoms with Crippen LogP contribution in [0.25, 0.3) is 22.4 Å². The van der Waals surface area contributed by atoms with Crippen LogP contribution in [0.2, 0.25) is 0 Å². The summed E-state index contributed by atoms with van der Waals surface area (Å²) < 4.78 is 2.21. The monoisotopic (exact) mass is 619 g/mol. The number of fused-ring (bicyclic) bond motifs is 1. The van der Waals surface area contributed by atoms with Crippen LogP contribution in [-0.2, 0) is 11.2 Å². The van der Waals surface area contributed by atoms with Gasteiger partial charge in [0, 0.05) is 16.4 Å². The lowest BCUT2D eigenvalue weighted by Crippen LogP contribution is -2.12. The van der Waals surface area contributed by atoms with Crippen molar-refractivity contribution < 1.29 is 9.90 Å². The Morgan fingerprint density at radius 1 is 1.13 bits per heavy atom. The molecule has 0 radical (unpaired) electrons. The molecule has 0 saturated heterocycles. The molecule has 3 nitrogen and oxygen atoms in total. The molecule has 0 amide bonds. The number of aromatic nitrogens is 1. The van der Waals surface area contributed by atoms with Crippen LogP contribution in [-0.4, -0.2) is 21.8 Å². The number of pyridine rings is 1. The molecule has 2 aromatic heterocycles. The number of carboxylic acids is 1. The summed E-state index contributed by atoms with van der Waals surface area (Å²) in [6, 6.07) is 21.8. The molecule has 202 valence electrons. The minimum atomic E-state index is -0.677. The summed E-state index contributed by atoms with van der Waals surface area (Å²) in [6.45, 7) is 4.51. The largest absolute Gasteiger partial charge is 0.481 e. The zero-order valence-electron chi connectivity index (χ0n) is 22.4. The van der Waals surface area contributed by atoms with Crippen molar-refractivity contribution in [1.82, 2.24) is 4.98 Å². The maximum Gasteiger partial charge on any atom is 0.303 e. The van der Waals surface area contributed by atoms with Gasteiger partial charge in [-0.2, -0.15) is 11.8 Å². The lowest BCUT2D eigenvalue weighted by Gasteiger charge is -2.22. The van der Waals surface area contributed by atoms with Gasteiger partial charge in [-0.05, 0) is 93.4 Å². The highest BCUT2D eigenvalue weighted by atomic mass is 79.9. The smallest absolute Gasteiger partial charge is 0.303 e. The highest BCUT2D eigenvalue weighted by Gasteiger charge is 2.44. The molecule has 39 heavy (non-hydrogen) atoms. The van der Waals surface area contributed by atoms with Gasteiger partial charge in [0.05, 0.1) is 26.8 Å². The number of halogens is 1. The zero-order chi connectivity index (χ0) is 27.4. The Bertz CT molecular complexity index is 1490. The summed E-state index contributed by atoms with van der Waals surface area (Å²) >= 11 is 7.24. The Labute approximate surface area is 247 Å². The molecule has 2 heterocycles. The molecule has 0 bridgehead atoms. The van der Waals surface area contributed by atoms with Crippen LogP contribution in [0.15, 0.2) is 70.5 Å². The number of aliphatic carboxylic acids is 1. The van der Waals surface area contributed by atoms with E-state index in [1.165, 1.54) is 21.4 Å². The second-order valence-electron chi connectivity index (χ2n) is 10.9. The molecular formula is C33H34BrNO2S2. The second-order valence-corrected chi connectivity index (χ2v) is 13.9. The summed E-state index contributed by atoms with van der Waals surface area (Å²) in [5.74, 6) is 0.715. The normalized spacial score (nSPS) is 15.3. The molecule has 6 heteroatoms. The molecule has 0 aliphatic heterocycles. The van der Waals surface area contributed by atoms with E-state index >= 15 is 0 Å². The first kappa shape index (κ1) is 28.1. The first-order chi connectivity index (χ1) is 18.8. The number of thiophene rings is 1. The van der Waals surface area contributed by atoms with Crippen molar-refractivity contribution in [2.45, 2.75) is 57.1 Å². The topological polar surface area (TPSA) is 50.2 Å². The van der Waals surface area contributed by atoms with E-state index in [2.05, 4.69) is 108 Å². The van der Waals surface area contributed by atoms with Crippen LogP contribution < -0.4 is 0 Å². The van der Waals surface area contributed by atoms with Crippen molar-refractivity contribution in [3.63, 3.8) is 0 Å². The van der Waals surface area contributed by atoms with Crippen LogP contribution in [0, 0.1) is 5.41 Å². The van der Waals surface area contributed by atoms with Gasteiger partial charge in [-0.3, -0.25) is 4.79 Å². The number of aryl methyl sites for hydroxylation is 1. The van der Waals surface area contributed by atoms with Gasteiger partial charge in [0.1, 0.15) is 0 Å². The van der Waals surface area contributed by atoms with E-state index in [9.17, 15) is 9.90 Å². The first-order valence-electron chi connectivity index (χ1n) is 13.5. The second kappa shape index (κ2) is 12.4. The molecule has 5 rings (SSSR count). The molecule has 1 unspecified atom stereocenters. The van der Waals surface area contributed by atoms with Gasteiger partial charge in [-0.15, -0.1) is 11.3 Å². The van der Waals surface area contributed by atoms with Gasteiger partial charge in [-0.25, -0.2) is 4.98 Å². The third-order valence-electron chi connectivity index (χ3n) is 7.55. The maximum atomic E-state index is 11.5. The number of hydrogen-bond donors (Lipinski definition) is 1. The van der Waals surface area contributed by atoms with E-state index in [0.717, 1.165) is 52.7 Å². The van der Waals surface area contributed by atoms with Crippen molar-refractivity contribution in [2.24, 2.45) is 5.41 Å². The van der Waals surface area contributed by atoms with Gasteiger partial charge in [0.2, 0.25) is 0 Å². The zero-order valence-corrected chi connectivity index (χ0v) is 25.6. The van der Waals surface area contributed by atoms with Crippen molar-refractivity contribution in [2.75, 3.05) is 5.75 Å². The number of nitrogens with zero attached hydrogens (tertiary/aromatic N) is 1. The summed E-state index contributed by atoms with van der Waals surface area (Å²) in [7, 11) is 0. The van der Waals surface area contributed by atoms with Crippen molar-refractivity contribution in [3.8, 4) is 0 Å². The predicted molar refractivity (Wildman–Crippen MR) is 171 cm³/mol. The van der Waals surface area contributed by atoms with Crippen molar-refractivity contribution in [1.29, 1.82) is 0 Å². The Balaban J connectivity index is 1.36. The summed E-state index contributed by atoms with van der Waals surface area (Å²) in [5.41, 5.74) is 7.21. The van der Waals surface area contributed by atoms with E-state index in [-0.39, 0.29) is 11.8 Å². The Morgan fingerprint density at radius 2 is 1.95 bits per heavy atom. The van der Waals surface area contributed by atoms with Crippen LogP contribution >= 0.6 is 39.0 Å². The number of benzene rings is 2. The minimum Gasteiger partial charge on any atom is -0.481 e. The van der Waals surface area contributed by atoms with Gasteiger partial charge in [0.25, 0.3) is 0 Å². The average Bonchev–Trinajstić information content (AvgIpc) is 3.59. The van der Waals surface area contributed by atoms with Crippen molar-refractivity contribution in [3.05, 3.63) is 98.5 Å². The van der Waals surface area contributed by atoms with E-state index in [1.54, 1.807) is 11.3 Å². The summed E-state index contributed by atoms with van der Waals surface area (Å²) in [4.78, 5) is 16.3. The van der Waals surface area contributed by atoms with Crippen LogP contribution in [0.1, 0.15) is 78.6 Å². The number of rotatable bonds is 12. The lowest BCUT2D eigenvalue weighted by atomic mass is 9.93. The number of carboxylic acid groups (broad SMARTS) is 1. The summed E-state index contributed by atoms with van der Waals surface area (Å²) in [6.07, 6.45) is 8.58. The fourth-order valence-electron chi connectivity index (χ4n) is 5.14. The number of hydrogen-bond acceptors (Lipinski definition) is 4. The van der Waals surface area contributed by atoms with Crippen LogP contribution in [0.5, 0.6) is 0 Å². The fraction of sp³-hybridized carbons (Fsp3) is 0.333. The third-order valence-corrected chi connectivity index (χ3v) is 11.1. The number of thioether (sulfide) groups is 1. The van der Waals surface area contributed by atoms with Gasteiger partial charge >= 0.3 is 5.97 Å². The number of carbonyl (C=O) groups is 1. The first-order valence-corrected chi connectivity index (χ1v) is 16.3. The van der Waals surface area contributed by atoms with E-state index in [1.807, 2.05) is 11.8 Å². The lowest BCUT2D eigenvalue weighted by molar-refractivity contribution is -0.138. The molecule has 1 fully saturated rings. The Morgan fingerprint density at radius 3 is 2.72 bits per heavy atom. The SMILES string of the molecule is CC(C)c1ccccc1CCC(SCC1(CC(=O)O)CC1)c1cccc(/C=C/c2ccc3scc(Br)c3n2)c1. The molecular weight excluding hydrogens is 586 g/mol. The van der Waals surface area contributed by atoms with Gasteiger partial charge < -0.3 is 5.11 Å². The average molecular weight is 621 g/mol. The third kappa shape index (κ3) is 7.22. The predicted octanol–water partition coefficient (Wildman–Crippen LogP) is 10.0. The maximum absolute atomic E-state index is 11.5. The highest BCUT2D eigenvalue weighted by molar-refractivity contribution is 9.10. The Hall–Kier alpha value is -2.41. The standard InChI is InChI=1S/C33H34BrNO2S2/c1-22(2)27-9-4-3-7-24(27)11-14-29(39-21-33(16-17-33)19-31(36)37)25-8-5-6-23(18-25)10-12-26-13-15-30-32(35-26)28(34)20-38-30/h3-10,12-13,15,18,20,22,29H,11,14,16-17,19,21H2,1-2H3,(H,36,37)/b12-10+. The molecule has 1 N–H and O–H groups in total. The van der Waals surface area contributed by atoms with Gasteiger partial charge in [0.15, 0.2) is 0 Å². The Kier molecular flexibility index (Phi) is 8.95. The molecule has 1 saturated carbocycles. The molecule has 0 spiro atoms. The molecule has 4 aromatic rings. The summed E-state index contributed by atoms with van der Waals surface area (Å²) in [5, 5.41) is 11.8. The van der Waals surface area contributed by atoms with Crippen LogP contribution in [0.3, 0.4) is 0 Å². The molecule has 2 aromatic carbocycles. The molecule has 1 atom stereocenters. The minimum absolute atomic E-state index is 0.0254. The highest BCUT2D eigenvalue weighted by Crippen LogP contribution is 2.53. The molecule has 1 aliphatic rings. The fourth-order valence-corrected chi connectivity index (χ4v) is 8.18. The quantitative estimate of drug-likeness (QED) is 0.171. The van der Waals surface area contributed by atoms with E-state index < -0.39 is 5.97 Å². The van der Waals surface area contributed by atoms with Gasteiger partial charge in [-0.1, -0.05) is 68.5 Å². The van der Waals surface area contributed by atoms with Crippen LogP contribution in [0.4, 0.5) is 0 Å². The van der Waals surface area contributed by atoms with E-state index in [4.69, 9.17) is 4.98 Å².